The molecule has 2 rings (SSSR count). The minimum atomic E-state index is -0.602. The lowest BCUT2D eigenvalue weighted by molar-refractivity contribution is -0.129. The van der Waals surface area contributed by atoms with Crippen LogP contribution in [0.25, 0.3) is 0 Å². The first-order chi connectivity index (χ1) is 9.60. The van der Waals surface area contributed by atoms with Gasteiger partial charge in [-0.3, -0.25) is 4.79 Å². The molecule has 1 heterocycles. The Bertz CT molecular complexity index is 367. The SMILES string of the molecule is CCC1OCCC1CNC(=O)C1(C(N)=S)CCCCC1. The van der Waals surface area contributed by atoms with Crippen LogP contribution in [0, 0.1) is 11.3 Å². The first-order valence-corrected chi connectivity index (χ1v) is 8.21. The Balaban J connectivity index is 1.93. The van der Waals surface area contributed by atoms with Gasteiger partial charge in [-0.1, -0.05) is 38.4 Å². The molecule has 0 radical (unpaired) electrons. The summed E-state index contributed by atoms with van der Waals surface area (Å²) in [5, 5.41) is 3.09. The summed E-state index contributed by atoms with van der Waals surface area (Å²) in [5.74, 6) is 0.461. The topological polar surface area (TPSA) is 64.3 Å². The van der Waals surface area contributed by atoms with Crippen molar-refractivity contribution in [2.24, 2.45) is 17.1 Å². The molecule has 0 bridgehead atoms. The highest BCUT2D eigenvalue weighted by molar-refractivity contribution is 7.80. The quantitative estimate of drug-likeness (QED) is 0.763. The number of carbonyl (C=O) groups is 1. The number of amides is 1. The maximum Gasteiger partial charge on any atom is 0.233 e. The standard InChI is InChI=1S/C15H26N2O2S/c1-2-12-11(6-9-19-12)10-17-14(18)15(13(16)20)7-4-3-5-8-15/h11-12H,2-10H2,1H3,(H2,16,20)(H,17,18). The second kappa shape index (κ2) is 6.85. The van der Waals surface area contributed by atoms with Gasteiger partial charge in [-0.25, -0.2) is 0 Å². The monoisotopic (exact) mass is 298 g/mol. The van der Waals surface area contributed by atoms with E-state index in [9.17, 15) is 4.79 Å². The molecule has 0 spiro atoms. The van der Waals surface area contributed by atoms with Crippen LogP contribution < -0.4 is 11.1 Å². The van der Waals surface area contributed by atoms with Crippen molar-refractivity contribution in [3.05, 3.63) is 0 Å². The summed E-state index contributed by atoms with van der Waals surface area (Å²) >= 11 is 5.19. The molecule has 1 amide bonds. The van der Waals surface area contributed by atoms with Gasteiger partial charge in [0.2, 0.25) is 5.91 Å². The van der Waals surface area contributed by atoms with Gasteiger partial charge in [0.15, 0.2) is 0 Å². The number of rotatable bonds is 5. The van der Waals surface area contributed by atoms with Crippen LogP contribution in [0.1, 0.15) is 51.9 Å². The Labute approximate surface area is 126 Å². The molecule has 5 heteroatoms. The van der Waals surface area contributed by atoms with Crippen molar-refractivity contribution in [1.29, 1.82) is 0 Å². The highest BCUT2D eigenvalue weighted by Crippen LogP contribution is 2.37. The van der Waals surface area contributed by atoms with E-state index in [1.165, 1.54) is 6.42 Å². The Hall–Kier alpha value is -0.680. The van der Waals surface area contributed by atoms with Gasteiger partial charge >= 0.3 is 0 Å². The van der Waals surface area contributed by atoms with Crippen molar-refractivity contribution in [3.8, 4) is 0 Å². The zero-order chi connectivity index (χ0) is 14.6. The van der Waals surface area contributed by atoms with Crippen molar-refractivity contribution in [1.82, 2.24) is 5.32 Å². The summed E-state index contributed by atoms with van der Waals surface area (Å²) in [6.45, 7) is 3.61. The predicted octanol–water partition coefficient (Wildman–Crippen LogP) is 2.15. The summed E-state index contributed by atoms with van der Waals surface area (Å²) in [4.78, 5) is 13.0. The lowest BCUT2D eigenvalue weighted by Crippen LogP contribution is -2.51. The van der Waals surface area contributed by atoms with Gasteiger partial charge in [0.25, 0.3) is 0 Å². The third-order valence-electron chi connectivity index (χ3n) is 4.89. The van der Waals surface area contributed by atoms with Crippen molar-refractivity contribution in [2.75, 3.05) is 13.2 Å². The molecule has 20 heavy (non-hydrogen) atoms. The Morgan fingerprint density at radius 3 is 2.70 bits per heavy atom. The molecule has 0 aromatic carbocycles. The average Bonchev–Trinajstić information content (AvgIpc) is 2.92. The molecule has 2 aliphatic rings. The number of nitrogens with one attached hydrogen (secondary N) is 1. The van der Waals surface area contributed by atoms with Crippen molar-refractivity contribution in [2.45, 2.75) is 58.0 Å². The highest BCUT2D eigenvalue weighted by Gasteiger charge is 2.42. The molecule has 114 valence electrons. The first kappa shape index (κ1) is 15.7. The third-order valence-corrected chi connectivity index (χ3v) is 5.28. The minimum Gasteiger partial charge on any atom is -0.392 e. The van der Waals surface area contributed by atoms with Crippen molar-refractivity contribution in [3.63, 3.8) is 0 Å². The summed E-state index contributed by atoms with van der Waals surface area (Å²) in [6.07, 6.45) is 7.15. The van der Waals surface area contributed by atoms with E-state index in [1.807, 2.05) is 0 Å². The van der Waals surface area contributed by atoms with Gasteiger partial charge in [0, 0.05) is 19.1 Å². The van der Waals surface area contributed by atoms with Gasteiger partial charge < -0.3 is 15.8 Å². The van der Waals surface area contributed by atoms with E-state index in [4.69, 9.17) is 22.7 Å². The number of hydrogen-bond donors (Lipinski definition) is 2. The Morgan fingerprint density at radius 1 is 1.40 bits per heavy atom. The van der Waals surface area contributed by atoms with E-state index in [2.05, 4.69) is 12.2 Å². The molecular formula is C15H26N2O2S. The van der Waals surface area contributed by atoms with Crippen molar-refractivity contribution >= 4 is 23.1 Å². The maximum atomic E-state index is 12.6. The van der Waals surface area contributed by atoms with E-state index in [1.54, 1.807) is 0 Å². The molecule has 1 aliphatic heterocycles. The molecule has 0 aromatic heterocycles. The van der Waals surface area contributed by atoms with Crippen LogP contribution in [0.4, 0.5) is 0 Å². The van der Waals surface area contributed by atoms with E-state index in [0.717, 1.165) is 45.1 Å². The fraction of sp³-hybridized carbons (Fsp3) is 0.867. The molecule has 3 N–H and O–H groups in total. The number of ether oxygens (including phenoxy) is 1. The van der Waals surface area contributed by atoms with Crippen LogP contribution in [0.5, 0.6) is 0 Å². The summed E-state index contributed by atoms with van der Waals surface area (Å²) in [7, 11) is 0. The lowest BCUT2D eigenvalue weighted by Gasteiger charge is -2.35. The second-order valence-electron chi connectivity index (χ2n) is 6.08. The zero-order valence-corrected chi connectivity index (χ0v) is 13.1. The van der Waals surface area contributed by atoms with Crippen LogP contribution in [0.3, 0.4) is 0 Å². The number of carbonyl (C=O) groups excluding carboxylic acids is 1. The molecular weight excluding hydrogens is 272 g/mol. The van der Waals surface area contributed by atoms with E-state index in [0.29, 0.717) is 17.5 Å². The highest BCUT2D eigenvalue weighted by atomic mass is 32.1. The summed E-state index contributed by atoms with van der Waals surface area (Å²) in [6, 6.07) is 0. The second-order valence-corrected chi connectivity index (χ2v) is 6.52. The predicted molar refractivity (Wildman–Crippen MR) is 83.5 cm³/mol. The van der Waals surface area contributed by atoms with E-state index < -0.39 is 5.41 Å². The molecule has 1 saturated carbocycles. The molecule has 2 unspecified atom stereocenters. The normalized spacial score (nSPS) is 29.1. The number of hydrogen-bond acceptors (Lipinski definition) is 3. The Kier molecular flexibility index (Phi) is 5.38. The lowest BCUT2D eigenvalue weighted by atomic mass is 9.73. The summed E-state index contributed by atoms with van der Waals surface area (Å²) in [5.41, 5.74) is 5.28. The van der Waals surface area contributed by atoms with Crippen molar-refractivity contribution < 1.29 is 9.53 Å². The average molecular weight is 298 g/mol. The van der Waals surface area contributed by atoms with Gasteiger partial charge in [0.05, 0.1) is 16.5 Å². The van der Waals surface area contributed by atoms with Gasteiger partial charge in [-0.15, -0.1) is 0 Å². The molecule has 0 aromatic rings. The molecule has 1 aliphatic carbocycles. The fourth-order valence-corrected chi connectivity index (χ4v) is 3.81. The third kappa shape index (κ3) is 3.14. The van der Waals surface area contributed by atoms with Crippen LogP contribution in [-0.4, -0.2) is 30.2 Å². The van der Waals surface area contributed by atoms with Gasteiger partial charge in [-0.2, -0.15) is 0 Å². The van der Waals surface area contributed by atoms with Crippen LogP contribution in [0.15, 0.2) is 0 Å². The molecule has 2 fully saturated rings. The van der Waals surface area contributed by atoms with Crippen LogP contribution in [-0.2, 0) is 9.53 Å². The van der Waals surface area contributed by atoms with E-state index in [-0.39, 0.29) is 12.0 Å². The first-order valence-electron chi connectivity index (χ1n) is 7.80. The van der Waals surface area contributed by atoms with Crippen LogP contribution >= 0.6 is 12.2 Å². The molecule has 1 saturated heterocycles. The molecule has 2 atom stereocenters. The fourth-order valence-electron chi connectivity index (χ4n) is 3.51. The Morgan fingerprint density at radius 2 is 2.10 bits per heavy atom. The smallest absolute Gasteiger partial charge is 0.233 e. The van der Waals surface area contributed by atoms with Gasteiger partial charge in [-0.05, 0) is 25.7 Å². The minimum absolute atomic E-state index is 0.0338. The maximum absolute atomic E-state index is 12.6. The largest absolute Gasteiger partial charge is 0.392 e. The molecule has 4 nitrogen and oxygen atoms in total. The van der Waals surface area contributed by atoms with E-state index >= 15 is 0 Å². The number of thiocarbonyl (C=S) groups is 1. The van der Waals surface area contributed by atoms with Crippen LogP contribution in [0.2, 0.25) is 0 Å². The number of nitrogens with two attached hydrogens (primary N) is 1. The zero-order valence-electron chi connectivity index (χ0n) is 12.3. The van der Waals surface area contributed by atoms with Gasteiger partial charge in [0.1, 0.15) is 0 Å². The summed E-state index contributed by atoms with van der Waals surface area (Å²) < 4.78 is 5.66.